The molecule has 0 spiro atoms. The second-order valence-electron chi connectivity index (χ2n) is 3.02. The van der Waals surface area contributed by atoms with Gasteiger partial charge >= 0.3 is 0 Å². The maximum Gasteiger partial charge on any atom is 0.277 e. The number of hydrogen-bond acceptors (Lipinski definition) is 5. The molecule has 0 aromatic carbocycles. The second kappa shape index (κ2) is 5.65. The normalized spacial score (nSPS) is 13.1. The number of ether oxygens (including phenoxy) is 2. The highest BCUT2D eigenvalue weighted by atomic mass is 32.2. The van der Waals surface area contributed by atoms with Crippen molar-refractivity contribution >= 4 is 10.1 Å². The van der Waals surface area contributed by atoms with Crippen LogP contribution in [0.4, 0.5) is 0 Å². The molecule has 0 unspecified atom stereocenters. The van der Waals surface area contributed by atoms with Crippen LogP contribution in [0.25, 0.3) is 0 Å². The minimum absolute atomic E-state index is 0.0630. The van der Waals surface area contributed by atoms with Crippen molar-refractivity contribution in [3.63, 3.8) is 0 Å². The van der Waals surface area contributed by atoms with E-state index in [0.717, 1.165) is 7.11 Å². The van der Waals surface area contributed by atoms with Crippen LogP contribution in [0.5, 0.6) is 0 Å². The second-order valence-corrected chi connectivity index (χ2v) is 5.13. The fraction of sp³-hybridized carbons (Fsp3) is 1.00. The summed E-state index contributed by atoms with van der Waals surface area (Å²) < 4.78 is 36.5. The average molecular weight is 226 g/mol. The van der Waals surface area contributed by atoms with E-state index in [1.165, 1.54) is 14.2 Å². The molecule has 0 bridgehead atoms. The molecule has 0 fully saturated rings. The van der Waals surface area contributed by atoms with Gasteiger partial charge in [-0.15, -0.1) is 0 Å². The average Bonchev–Trinajstić information content (AvgIpc) is 2.17. The molecule has 0 N–H and O–H groups in total. The summed E-state index contributed by atoms with van der Waals surface area (Å²) in [5.74, 6) is 0. The lowest BCUT2D eigenvalue weighted by atomic mass is 10.1. The molecule has 0 aliphatic rings. The van der Waals surface area contributed by atoms with Gasteiger partial charge in [-0.05, 0) is 6.42 Å². The van der Waals surface area contributed by atoms with Crippen LogP contribution in [0.15, 0.2) is 0 Å². The van der Waals surface area contributed by atoms with Gasteiger partial charge < -0.3 is 9.47 Å². The van der Waals surface area contributed by atoms with E-state index in [0.29, 0.717) is 6.42 Å². The lowest BCUT2D eigenvalue weighted by Gasteiger charge is -2.29. The molecule has 0 aromatic heterocycles. The fourth-order valence-corrected chi connectivity index (χ4v) is 2.50. The first-order valence-corrected chi connectivity index (χ1v) is 5.68. The van der Waals surface area contributed by atoms with E-state index in [9.17, 15) is 8.42 Å². The van der Waals surface area contributed by atoms with E-state index < -0.39 is 14.9 Å². The van der Waals surface area contributed by atoms with Gasteiger partial charge in [-0.1, -0.05) is 6.92 Å². The van der Waals surface area contributed by atoms with Gasteiger partial charge in [-0.2, -0.15) is 8.42 Å². The smallest absolute Gasteiger partial charge is 0.277 e. The van der Waals surface area contributed by atoms with Gasteiger partial charge in [0.2, 0.25) is 0 Å². The summed E-state index contributed by atoms with van der Waals surface area (Å²) in [5.41, 5.74) is 0. The SMILES string of the molecule is CCC(COC)(COC)S(=O)(=O)OC. The summed E-state index contributed by atoms with van der Waals surface area (Å²) in [5, 5.41) is 0. The molecule has 0 aromatic rings. The Morgan fingerprint density at radius 2 is 1.50 bits per heavy atom. The van der Waals surface area contributed by atoms with E-state index in [-0.39, 0.29) is 13.2 Å². The van der Waals surface area contributed by atoms with Crippen LogP contribution in [0.2, 0.25) is 0 Å². The third-order valence-corrected chi connectivity index (χ3v) is 4.23. The quantitative estimate of drug-likeness (QED) is 0.588. The van der Waals surface area contributed by atoms with Gasteiger partial charge in [-0.25, -0.2) is 0 Å². The third-order valence-electron chi connectivity index (χ3n) is 2.21. The van der Waals surface area contributed by atoms with Crippen LogP contribution >= 0.6 is 0 Å². The Hall–Kier alpha value is -0.170. The molecule has 0 atom stereocenters. The van der Waals surface area contributed by atoms with Crippen molar-refractivity contribution in [2.45, 2.75) is 18.1 Å². The zero-order chi connectivity index (χ0) is 11.2. The third kappa shape index (κ3) is 2.66. The minimum atomic E-state index is -3.65. The summed E-state index contributed by atoms with van der Waals surface area (Å²) in [6.07, 6.45) is 0.380. The Kier molecular flexibility index (Phi) is 5.58. The van der Waals surface area contributed by atoms with Crippen molar-refractivity contribution in [3.05, 3.63) is 0 Å². The van der Waals surface area contributed by atoms with Crippen LogP contribution in [-0.4, -0.2) is 47.7 Å². The summed E-state index contributed by atoms with van der Waals surface area (Å²) in [4.78, 5) is 0. The van der Waals surface area contributed by atoms with Gasteiger partial charge in [0.05, 0.1) is 20.3 Å². The molecule has 14 heavy (non-hydrogen) atoms. The van der Waals surface area contributed by atoms with Gasteiger partial charge in [0.15, 0.2) is 0 Å². The van der Waals surface area contributed by atoms with Gasteiger partial charge in [0.1, 0.15) is 4.75 Å². The van der Waals surface area contributed by atoms with Crippen molar-refractivity contribution in [3.8, 4) is 0 Å². The van der Waals surface area contributed by atoms with Crippen LogP contribution < -0.4 is 0 Å². The Bertz CT molecular complexity index is 240. The van der Waals surface area contributed by atoms with Crippen LogP contribution in [0.1, 0.15) is 13.3 Å². The molecular weight excluding hydrogens is 208 g/mol. The van der Waals surface area contributed by atoms with Crippen LogP contribution in [-0.2, 0) is 23.8 Å². The number of rotatable bonds is 7. The molecule has 0 rings (SSSR count). The van der Waals surface area contributed by atoms with E-state index in [1.807, 2.05) is 0 Å². The molecule has 0 saturated carbocycles. The molecule has 86 valence electrons. The summed E-state index contributed by atoms with van der Waals surface area (Å²) in [6.45, 7) is 1.88. The highest BCUT2D eigenvalue weighted by Gasteiger charge is 2.43. The topological polar surface area (TPSA) is 61.8 Å². The Morgan fingerprint density at radius 3 is 1.71 bits per heavy atom. The van der Waals surface area contributed by atoms with Crippen molar-refractivity contribution in [1.29, 1.82) is 0 Å². The van der Waals surface area contributed by atoms with Gasteiger partial charge in [0, 0.05) is 14.2 Å². The lowest BCUT2D eigenvalue weighted by Crippen LogP contribution is -2.47. The first-order valence-electron chi connectivity index (χ1n) is 4.27. The summed E-state index contributed by atoms with van der Waals surface area (Å²) in [7, 11) is 0.397. The summed E-state index contributed by atoms with van der Waals surface area (Å²) in [6, 6.07) is 0. The van der Waals surface area contributed by atoms with E-state index in [1.54, 1.807) is 6.92 Å². The van der Waals surface area contributed by atoms with Crippen LogP contribution in [0.3, 0.4) is 0 Å². The molecule has 5 nitrogen and oxygen atoms in total. The zero-order valence-corrected chi connectivity index (χ0v) is 9.89. The van der Waals surface area contributed by atoms with E-state index >= 15 is 0 Å². The standard InChI is InChI=1S/C8H18O5S/c1-5-8(6-11-2,7-12-3)14(9,10)13-4/h5-7H2,1-4H3. The van der Waals surface area contributed by atoms with Gasteiger partial charge in [-0.3, -0.25) is 4.18 Å². The lowest BCUT2D eigenvalue weighted by molar-refractivity contribution is 0.0904. The first kappa shape index (κ1) is 13.8. The van der Waals surface area contributed by atoms with Crippen molar-refractivity contribution in [2.24, 2.45) is 0 Å². The predicted octanol–water partition coefficient (Wildman–Crippen LogP) is 0.404. The van der Waals surface area contributed by atoms with Gasteiger partial charge in [0.25, 0.3) is 10.1 Å². The Morgan fingerprint density at radius 1 is 1.07 bits per heavy atom. The fourth-order valence-electron chi connectivity index (χ4n) is 1.27. The monoisotopic (exact) mass is 226 g/mol. The largest absolute Gasteiger partial charge is 0.383 e. The molecule has 0 saturated heterocycles. The maximum absolute atomic E-state index is 11.7. The molecule has 0 radical (unpaired) electrons. The minimum Gasteiger partial charge on any atom is -0.383 e. The zero-order valence-electron chi connectivity index (χ0n) is 9.07. The highest BCUT2D eigenvalue weighted by Crippen LogP contribution is 2.24. The molecule has 6 heteroatoms. The van der Waals surface area contributed by atoms with Crippen LogP contribution in [0, 0.1) is 0 Å². The molecule has 0 amide bonds. The number of hydrogen-bond donors (Lipinski definition) is 0. The van der Waals surface area contributed by atoms with Crippen molar-refractivity contribution in [1.82, 2.24) is 0 Å². The molecular formula is C8H18O5S. The van der Waals surface area contributed by atoms with E-state index in [2.05, 4.69) is 4.18 Å². The summed E-state index contributed by atoms with van der Waals surface area (Å²) >= 11 is 0. The maximum atomic E-state index is 11.7. The first-order chi connectivity index (χ1) is 6.49. The molecule has 0 aliphatic carbocycles. The Labute approximate surface area is 85.5 Å². The molecule has 0 aliphatic heterocycles. The number of methoxy groups -OCH3 is 2. The highest BCUT2D eigenvalue weighted by molar-refractivity contribution is 7.88. The van der Waals surface area contributed by atoms with Crippen molar-refractivity contribution in [2.75, 3.05) is 34.5 Å². The predicted molar refractivity (Wildman–Crippen MR) is 52.7 cm³/mol. The molecule has 0 heterocycles. The van der Waals surface area contributed by atoms with E-state index in [4.69, 9.17) is 9.47 Å². The van der Waals surface area contributed by atoms with Crippen molar-refractivity contribution < 1.29 is 22.1 Å². The Balaban J connectivity index is 5.02.